The Morgan fingerprint density at radius 3 is 2.63 bits per heavy atom. The molecule has 0 spiro atoms. The van der Waals surface area contributed by atoms with Gasteiger partial charge < -0.3 is 11.1 Å². The van der Waals surface area contributed by atoms with Gasteiger partial charge in [0.2, 0.25) is 11.0 Å². The van der Waals surface area contributed by atoms with Crippen LogP contribution in [0.1, 0.15) is 37.8 Å². The van der Waals surface area contributed by atoms with Gasteiger partial charge in [-0.2, -0.15) is 5.26 Å². The minimum atomic E-state index is -0.553. The number of nitriles is 1. The number of benzene rings is 2. The topological polar surface area (TPSA) is 125 Å². The van der Waals surface area contributed by atoms with Gasteiger partial charge >= 0.3 is 0 Å². The Bertz CT molecular complexity index is 1610. The number of allylic oxidation sites excluding steroid dienone is 4. The molecule has 3 aromatic rings. The van der Waals surface area contributed by atoms with Crippen LogP contribution in [0.2, 0.25) is 0 Å². The van der Waals surface area contributed by atoms with Crippen molar-refractivity contribution in [3.05, 3.63) is 94.5 Å². The maximum Gasteiger partial charge on any atom is 0.234 e. The molecule has 0 saturated carbocycles. The standard InChI is InChI=1S/C31H30N6O2S2/c1-19-9-12-21(13-10-19)34-26(39)18-40-30-36-35-29(41-30)37-24-15-31(2,3)16-25(38)27(24)22(23(17-32)28(37)33)14-11-20-7-5-4-6-8-20/h4-14,22H,15-16,18,33H2,1-3H3,(H,34,39)/b14-11+. The summed E-state index contributed by atoms with van der Waals surface area (Å²) in [6.07, 6.45) is 4.77. The number of nitrogens with zero attached hydrogens (tertiary/aromatic N) is 4. The number of nitrogens with one attached hydrogen (secondary N) is 1. The Labute approximate surface area is 247 Å². The molecule has 2 aliphatic rings. The fourth-order valence-corrected chi connectivity index (χ4v) is 6.73. The highest BCUT2D eigenvalue weighted by Crippen LogP contribution is 2.48. The first-order valence-corrected chi connectivity index (χ1v) is 15.0. The number of amides is 1. The van der Waals surface area contributed by atoms with Crippen LogP contribution < -0.4 is 16.0 Å². The lowest BCUT2D eigenvalue weighted by Crippen LogP contribution is -2.42. The molecule has 1 aromatic heterocycles. The SMILES string of the molecule is Cc1ccc(NC(=O)CSc2nnc(N3C(N)=C(C#N)C(/C=C/c4ccccc4)C4=C3CC(C)(C)CC4=O)s2)cc1. The number of aromatic nitrogens is 2. The highest BCUT2D eigenvalue weighted by molar-refractivity contribution is 8.01. The Hall–Kier alpha value is -4.20. The molecule has 2 heterocycles. The van der Waals surface area contributed by atoms with Crippen molar-refractivity contribution in [2.45, 2.75) is 38.0 Å². The molecule has 10 heteroatoms. The average molecular weight is 583 g/mol. The van der Waals surface area contributed by atoms with Crippen LogP contribution in [-0.2, 0) is 9.59 Å². The first-order chi connectivity index (χ1) is 19.6. The van der Waals surface area contributed by atoms with Crippen LogP contribution in [0, 0.1) is 29.6 Å². The summed E-state index contributed by atoms with van der Waals surface area (Å²) in [5, 5.41) is 22.2. The van der Waals surface area contributed by atoms with Gasteiger partial charge in [0.1, 0.15) is 5.82 Å². The minimum absolute atomic E-state index is 0.00361. The van der Waals surface area contributed by atoms with E-state index in [0.29, 0.717) is 33.5 Å². The summed E-state index contributed by atoms with van der Waals surface area (Å²) >= 11 is 2.54. The zero-order valence-corrected chi connectivity index (χ0v) is 24.7. The molecule has 1 aliphatic heterocycles. The molecule has 0 radical (unpaired) electrons. The monoisotopic (exact) mass is 582 g/mol. The number of rotatable bonds is 7. The molecule has 3 N–H and O–H groups in total. The van der Waals surface area contributed by atoms with E-state index in [-0.39, 0.29) is 28.7 Å². The van der Waals surface area contributed by atoms with Gasteiger partial charge in [-0.15, -0.1) is 10.2 Å². The third-order valence-electron chi connectivity index (χ3n) is 6.96. The van der Waals surface area contributed by atoms with E-state index in [4.69, 9.17) is 5.73 Å². The van der Waals surface area contributed by atoms with Crippen molar-refractivity contribution >= 4 is 51.7 Å². The minimum Gasteiger partial charge on any atom is -0.384 e. The van der Waals surface area contributed by atoms with Crippen LogP contribution in [0.25, 0.3) is 6.08 Å². The maximum atomic E-state index is 13.6. The van der Waals surface area contributed by atoms with Crippen LogP contribution in [-0.4, -0.2) is 27.6 Å². The molecule has 0 saturated heterocycles. The van der Waals surface area contributed by atoms with Gasteiger partial charge in [-0.05, 0) is 36.5 Å². The van der Waals surface area contributed by atoms with E-state index in [2.05, 4.69) is 35.4 Å². The van der Waals surface area contributed by atoms with E-state index in [1.54, 1.807) is 4.90 Å². The lowest BCUT2D eigenvalue weighted by atomic mass is 9.70. The molecule has 41 heavy (non-hydrogen) atoms. The van der Waals surface area contributed by atoms with Crippen molar-refractivity contribution in [3.8, 4) is 6.07 Å². The van der Waals surface area contributed by atoms with Crippen LogP contribution in [0.3, 0.4) is 0 Å². The van der Waals surface area contributed by atoms with Gasteiger partial charge in [0.05, 0.1) is 17.4 Å². The number of Topliss-reactive ketones (excluding diaryl/α,β-unsaturated/α-hetero) is 1. The van der Waals surface area contributed by atoms with Gasteiger partial charge in [-0.3, -0.25) is 14.5 Å². The summed E-state index contributed by atoms with van der Waals surface area (Å²) in [4.78, 5) is 27.8. The second-order valence-corrected chi connectivity index (χ2v) is 13.0. The zero-order valence-electron chi connectivity index (χ0n) is 23.0. The number of anilines is 2. The predicted octanol–water partition coefficient (Wildman–Crippen LogP) is 6.06. The number of ketones is 1. The molecule has 2 aromatic carbocycles. The normalized spacial score (nSPS) is 18.4. The van der Waals surface area contributed by atoms with Crippen molar-refractivity contribution in [1.82, 2.24) is 10.2 Å². The summed E-state index contributed by atoms with van der Waals surface area (Å²) in [5.74, 6) is -0.316. The largest absolute Gasteiger partial charge is 0.384 e. The number of carbonyl (C=O) groups excluding carboxylic acids is 2. The maximum absolute atomic E-state index is 13.6. The fourth-order valence-electron chi connectivity index (χ4n) is 5.05. The number of nitrogens with two attached hydrogens (primary N) is 1. The summed E-state index contributed by atoms with van der Waals surface area (Å²) in [7, 11) is 0. The third kappa shape index (κ3) is 6.26. The van der Waals surface area contributed by atoms with Gasteiger partial charge in [0, 0.05) is 29.3 Å². The molecule has 1 aliphatic carbocycles. The van der Waals surface area contributed by atoms with Crippen molar-refractivity contribution in [2.24, 2.45) is 17.1 Å². The first-order valence-electron chi connectivity index (χ1n) is 13.2. The number of carbonyl (C=O) groups is 2. The second kappa shape index (κ2) is 11.7. The first kappa shape index (κ1) is 28.3. The van der Waals surface area contributed by atoms with Crippen molar-refractivity contribution in [3.63, 3.8) is 0 Å². The molecule has 208 valence electrons. The fraction of sp³-hybridized carbons (Fsp3) is 0.258. The Morgan fingerprint density at radius 1 is 1.20 bits per heavy atom. The lowest BCUT2D eigenvalue weighted by molar-refractivity contribution is -0.118. The molecule has 8 nitrogen and oxygen atoms in total. The van der Waals surface area contributed by atoms with Gasteiger partial charge in [-0.25, -0.2) is 0 Å². The van der Waals surface area contributed by atoms with E-state index >= 15 is 0 Å². The molecule has 1 amide bonds. The number of thioether (sulfide) groups is 1. The van der Waals surface area contributed by atoms with E-state index in [9.17, 15) is 14.9 Å². The predicted molar refractivity (Wildman–Crippen MR) is 164 cm³/mol. The number of aryl methyl sites for hydroxylation is 1. The Morgan fingerprint density at radius 2 is 1.93 bits per heavy atom. The van der Waals surface area contributed by atoms with E-state index in [1.165, 1.54) is 23.1 Å². The highest BCUT2D eigenvalue weighted by atomic mass is 32.2. The van der Waals surface area contributed by atoms with Crippen molar-refractivity contribution in [2.75, 3.05) is 16.0 Å². The quantitative estimate of drug-likeness (QED) is 0.322. The van der Waals surface area contributed by atoms with Gasteiger partial charge in [-0.1, -0.05) is 97.1 Å². The average Bonchev–Trinajstić information content (AvgIpc) is 3.40. The summed E-state index contributed by atoms with van der Waals surface area (Å²) in [5.41, 5.74) is 10.8. The molecule has 1 atom stereocenters. The molecule has 1 unspecified atom stereocenters. The Kier molecular flexibility index (Phi) is 8.10. The zero-order chi connectivity index (χ0) is 29.1. The number of hydrogen-bond acceptors (Lipinski definition) is 9. The van der Waals surface area contributed by atoms with Crippen molar-refractivity contribution < 1.29 is 9.59 Å². The van der Waals surface area contributed by atoms with Crippen LogP contribution >= 0.6 is 23.1 Å². The third-order valence-corrected chi connectivity index (χ3v) is 9.00. The second-order valence-electron chi connectivity index (χ2n) is 10.8. The highest BCUT2D eigenvalue weighted by Gasteiger charge is 2.44. The van der Waals surface area contributed by atoms with E-state index in [0.717, 1.165) is 22.5 Å². The van der Waals surface area contributed by atoms with E-state index in [1.807, 2.05) is 73.7 Å². The molecular weight excluding hydrogens is 553 g/mol. The summed E-state index contributed by atoms with van der Waals surface area (Å²) in [6.45, 7) is 6.09. The summed E-state index contributed by atoms with van der Waals surface area (Å²) in [6, 6.07) is 19.6. The Balaban J connectivity index is 1.43. The number of hydrogen-bond donors (Lipinski definition) is 2. The molecule has 5 rings (SSSR count). The van der Waals surface area contributed by atoms with Gasteiger partial charge in [0.25, 0.3) is 0 Å². The molecular formula is C31H30N6O2S2. The van der Waals surface area contributed by atoms with Gasteiger partial charge in [0.15, 0.2) is 10.1 Å². The van der Waals surface area contributed by atoms with Crippen LogP contribution in [0.15, 0.2) is 87.7 Å². The van der Waals surface area contributed by atoms with Crippen molar-refractivity contribution in [1.29, 1.82) is 5.26 Å². The summed E-state index contributed by atoms with van der Waals surface area (Å²) < 4.78 is 0.583. The van der Waals surface area contributed by atoms with E-state index < -0.39 is 5.92 Å². The molecule has 0 bridgehead atoms. The smallest absolute Gasteiger partial charge is 0.234 e. The van der Waals surface area contributed by atoms with Crippen LogP contribution in [0.5, 0.6) is 0 Å². The lowest BCUT2D eigenvalue weighted by Gasteiger charge is -2.41. The molecule has 0 fully saturated rings. The van der Waals surface area contributed by atoms with Crippen LogP contribution in [0.4, 0.5) is 10.8 Å².